The molecule has 2 aliphatic rings. The minimum Gasteiger partial charge on any atom is -0.491 e. The van der Waals surface area contributed by atoms with E-state index in [-0.39, 0.29) is 16.8 Å². The highest BCUT2D eigenvalue weighted by Gasteiger charge is 2.19. The Morgan fingerprint density at radius 1 is 1.18 bits per heavy atom. The first kappa shape index (κ1) is 27.3. The average molecular weight is 556 g/mol. The number of aromatic nitrogens is 2. The number of nitrogens with one attached hydrogen (secondary N) is 2. The van der Waals surface area contributed by atoms with Crippen molar-refractivity contribution >= 4 is 45.6 Å². The fraction of sp³-hybridized carbons (Fsp3) is 0.393. The van der Waals surface area contributed by atoms with E-state index >= 15 is 0 Å². The van der Waals surface area contributed by atoms with Crippen molar-refractivity contribution in [3.05, 3.63) is 59.7 Å². The van der Waals surface area contributed by atoms with Gasteiger partial charge in [-0.1, -0.05) is 17.7 Å². The molecule has 0 bridgehead atoms. The van der Waals surface area contributed by atoms with Gasteiger partial charge in [-0.15, -0.1) is 0 Å². The quantitative estimate of drug-likeness (QED) is 0.363. The number of hydrogen-bond donors (Lipinski definition) is 2. The van der Waals surface area contributed by atoms with Crippen molar-refractivity contribution in [3.63, 3.8) is 0 Å². The van der Waals surface area contributed by atoms with E-state index in [4.69, 9.17) is 25.8 Å². The zero-order chi connectivity index (χ0) is 27.0. The topological polar surface area (TPSA) is 97.8 Å². The molecule has 11 heteroatoms. The number of ether oxygens (including phenoxy) is 3. The van der Waals surface area contributed by atoms with Gasteiger partial charge in [0.1, 0.15) is 23.7 Å². The molecule has 2 fully saturated rings. The maximum Gasteiger partial charge on any atom is 0.248 e. The van der Waals surface area contributed by atoms with Crippen LogP contribution < -0.4 is 15.4 Å². The van der Waals surface area contributed by atoms with Gasteiger partial charge < -0.3 is 24.8 Å². The number of nitrogens with zero attached hydrogens (tertiary/aromatic N) is 3. The van der Waals surface area contributed by atoms with Crippen molar-refractivity contribution in [2.24, 2.45) is 5.92 Å². The van der Waals surface area contributed by atoms with Gasteiger partial charge in [-0.05, 0) is 37.1 Å². The van der Waals surface area contributed by atoms with E-state index in [0.717, 1.165) is 39.1 Å². The van der Waals surface area contributed by atoms with Crippen LogP contribution in [0.1, 0.15) is 12.8 Å². The molecule has 0 radical (unpaired) electrons. The molecular weight excluding hydrogens is 525 g/mol. The summed E-state index contributed by atoms with van der Waals surface area (Å²) in [6.45, 7) is 5.75. The summed E-state index contributed by atoms with van der Waals surface area (Å²) in [4.78, 5) is 23.9. The second-order valence-electron chi connectivity index (χ2n) is 9.54. The van der Waals surface area contributed by atoms with Crippen LogP contribution in [0, 0.1) is 11.7 Å². The van der Waals surface area contributed by atoms with Gasteiger partial charge in [0.05, 0.1) is 36.0 Å². The van der Waals surface area contributed by atoms with Crippen molar-refractivity contribution in [1.29, 1.82) is 0 Å². The zero-order valence-electron chi connectivity index (χ0n) is 21.5. The van der Waals surface area contributed by atoms with E-state index in [1.165, 1.54) is 24.5 Å². The Bertz CT molecular complexity index is 1330. The summed E-state index contributed by atoms with van der Waals surface area (Å²) >= 11 is 5.95. The predicted octanol–water partition coefficient (Wildman–Crippen LogP) is 4.80. The second-order valence-corrected chi connectivity index (χ2v) is 9.95. The summed E-state index contributed by atoms with van der Waals surface area (Å²) in [7, 11) is 0. The van der Waals surface area contributed by atoms with E-state index < -0.39 is 5.82 Å². The smallest absolute Gasteiger partial charge is 0.248 e. The molecule has 3 aromatic rings. The summed E-state index contributed by atoms with van der Waals surface area (Å²) < 4.78 is 30.8. The number of carbonyl (C=O) groups excluding carboxylic acids is 1. The Morgan fingerprint density at radius 2 is 2.10 bits per heavy atom. The van der Waals surface area contributed by atoms with E-state index in [1.54, 1.807) is 18.2 Å². The van der Waals surface area contributed by atoms with Crippen LogP contribution in [-0.2, 0) is 14.3 Å². The molecule has 3 heterocycles. The number of halogens is 2. The summed E-state index contributed by atoms with van der Waals surface area (Å²) in [6.07, 6.45) is 6.72. The molecule has 1 amide bonds. The van der Waals surface area contributed by atoms with Crippen molar-refractivity contribution in [2.75, 3.05) is 63.3 Å². The fourth-order valence-electron chi connectivity index (χ4n) is 4.50. The minimum absolute atomic E-state index is 0.00242. The summed E-state index contributed by atoms with van der Waals surface area (Å²) in [5, 5.41) is 6.77. The minimum atomic E-state index is -0.508. The van der Waals surface area contributed by atoms with Gasteiger partial charge in [0.2, 0.25) is 5.91 Å². The van der Waals surface area contributed by atoms with Crippen LogP contribution in [0.5, 0.6) is 5.75 Å². The molecule has 206 valence electrons. The molecule has 2 N–H and O–H groups in total. The Kier molecular flexibility index (Phi) is 9.20. The molecule has 0 saturated carbocycles. The molecule has 1 aromatic heterocycles. The molecule has 9 nitrogen and oxygen atoms in total. The van der Waals surface area contributed by atoms with Crippen LogP contribution in [0.2, 0.25) is 5.02 Å². The second kappa shape index (κ2) is 13.2. The van der Waals surface area contributed by atoms with E-state index in [1.807, 2.05) is 6.08 Å². The first-order valence-electron chi connectivity index (χ1n) is 13.0. The summed E-state index contributed by atoms with van der Waals surface area (Å²) in [5.41, 5.74) is 1.68. The number of benzene rings is 2. The van der Waals surface area contributed by atoms with Gasteiger partial charge in [-0.2, -0.15) is 0 Å². The first-order chi connectivity index (χ1) is 19.0. The third kappa shape index (κ3) is 7.42. The van der Waals surface area contributed by atoms with E-state index in [0.29, 0.717) is 60.2 Å². The van der Waals surface area contributed by atoms with E-state index in [9.17, 15) is 9.18 Å². The Hall–Kier alpha value is -3.31. The third-order valence-corrected chi connectivity index (χ3v) is 6.91. The molecule has 0 spiro atoms. The number of hydrogen-bond acceptors (Lipinski definition) is 8. The molecular formula is C28H31ClFN5O4. The summed E-state index contributed by atoms with van der Waals surface area (Å²) in [6, 6.07) is 7.90. The normalized spacial score (nSPS) is 18.4. The van der Waals surface area contributed by atoms with Crippen LogP contribution in [0.25, 0.3) is 10.9 Å². The van der Waals surface area contributed by atoms with Gasteiger partial charge in [0, 0.05) is 62.0 Å². The van der Waals surface area contributed by atoms with Crippen LogP contribution in [0.3, 0.4) is 0 Å². The molecule has 0 aliphatic carbocycles. The molecule has 2 aliphatic heterocycles. The lowest BCUT2D eigenvalue weighted by Gasteiger charge is -2.17. The SMILES string of the molecule is O=C(/C=C/CN1CCCOCC1)Nc1cc2c(Nc3ccc(F)c(Cl)c3)ncnc2cc1OC[C@H]1CCOC1. The Labute approximate surface area is 231 Å². The molecule has 2 saturated heterocycles. The van der Waals surface area contributed by atoms with Gasteiger partial charge >= 0.3 is 0 Å². The lowest BCUT2D eigenvalue weighted by Crippen LogP contribution is -2.26. The lowest BCUT2D eigenvalue weighted by molar-refractivity contribution is -0.111. The van der Waals surface area contributed by atoms with Crippen LogP contribution in [0.15, 0.2) is 48.8 Å². The van der Waals surface area contributed by atoms with Crippen molar-refractivity contribution in [3.8, 4) is 5.75 Å². The predicted molar refractivity (Wildman–Crippen MR) is 148 cm³/mol. The van der Waals surface area contributed by atoms with Crippen LogP contribution in [-0.4, -0.2) is 73.4 Å². The maximum atomic E-state index is 13.6. The fourth-order valence-corrected chi connectivity index (χ4v) is 4.68. The zero-order valence-corrected chi connectivity index (χ0v) is 22.3. The Morgan fingerprint density at radius 3 is 2.95 bits per heavy atom. The van der Waals surface area contributed by atoms with Gasteiger partial charge in [-0.25, -0.2) is 14.4 Å². The van der Waals surface area contributed by atoms with Gasteiger partial charge in [0.25, 0.3) is 0 Å². The number of rotatable bonds is 9. The van der Waals surface area contributed by atoms with Gasteiger partial charge in [-0.3, -0.25) is 9.69 Å². The molecule has 0 unspecified atom stereocenters. The standard InChI is InChI=1S/C28H31ClFN5O4/c29-22-13-20(4-5-23(22)30)33-28-21-14-25(34-27(36)3-1-7-35-8-2-10-37-12-9-35)26(15-24(21)31-18-32-28)39-17-19-6-11-38-16-19/h1,3-5,13-15,18-19H,2,6-12,16-17H2,(H,34,36)(H,31,32,33)/b3-1+/t19-/m0/s1. The van der Waals surface area contributed by atoms with Crippen molar-refractivity contribution in [2.45, 2.75) is 12.8 Å². The third-order valence-electron chi connectivity index (χ3n) is 6.62. The van der Waals surface area contributed by atoms with Crippen LogP contribution in [0.4, 0.5) is 21.6 Å². The summed E-state index contributed by atoms with van der Waals surface area (Å²) in [5.74, 6) is 0.494. The molecule has 1 atom stereocenters. The lowest BCUT2D eigenvalue weighted by atomic mass is 10.1. The molecule has 2 aromatic carbocycles. The molecule has 5 rings (SSSR count). The monoisotopic (exact) mass is 555 g/mol. The van der Waals surface area contributed by atoms with Crippen LogP contribution >= 0.6 is 11.6 Å². The number of anilines is 3. The largest absolute Gasteiger partial charge is 0.491 e. The highest BCUT2D eigenvalue weighted by Crippen LogP contribution is 2.34. The van der Waals surface area contributed by atoms with Gasteiger partial charge in [0.15, 0.2) is 0 Å². The number of carbonyl (C=O) groups is 1. The van der Waals surface area contributed by atoms with Crippen molar-refractivity contribution < 1.29 is 23.4 Å². The Balaban J connectivity index is 1.38. The number of fused-ring (bicyclic) bond motifs is 1. The highest BCUT2D eigenvalue weighted by atomic mass is 35.5. The number of amides is 1. The molecule has 39 heavy (non-hydrogen) atoms. The maximum absolute atomic E-state index is 13.6. The first-order valence-corrected chi connectivity index (χ1v) is 13.4. The van der Waals surface area contributed by atoms with Crippen molar-refractivity contribution in [1.82, 2.24) is 14.9 Å². The average Bonchev–Trinajstić information content (AvgIpc) is 3.32. The highest BCUT2D eigenvalue weighted by molar-refractivity contribution is 6.31. The van der Waals surface area contributed by atoms with E-state index in [2.05, 4.69) is 25.5 Å².